The fourth-order valence-electron chi connectivity index (χ4n) is 4.84. The molecule has 1 saturated heterocycles. The monoisotopic (exact) mass is 450 g/mol. The van der Waals surface area contributed by atoms with Gasteiger partial charge in [0.1, 0.15) is 0 Å². The van der Waals surface area contributed by atoms with Gasteiger partial charge in [0, 0.05) is 24.3 Å². The normalized spacial score (nSPS) is 27.7. The van der Waals surface area contributed by atoms with E-state index in [1.165, 1.54) is 24.3 Å². The van der Waals surface area contributed by atoms with Crippen molar-refractivity contribution < 1.29 is 32.3 Å². The number of ketones is 1. The SMILES string of the molecule is CC1(C)CC(=O)C2=C(C1)N(C[C@H]1CCCO1)C(=O)[C@]2(NC(=O)c1ccccc1)C(F)(F)F. The third kappa shape index (κ3) is 3.62. The van der Waals surface area contributed by atoms with Crippen molar-refractivity contribution in [2.75, 3.05) is 13.2 Å². The Morgan fingerprint density at radius 1 is 1.19 bits per heavy atom. The summed E-state index contributed by atoms with van der Waals surface area (Å²) in [6, 6.07) is 7.34. The van der Waals surface area contributed by atoms with Crippen LogP contribution in [0.4, 0.5) is 13.2 Å². The van der Waals surface area contributed by atoms with Crippen LogP contribution >= 0.6 is 0 Å². The van der Waals surface area contributed by atoms with Crippen LogP contribution in [0.3, 0.4) is 0 Å². The van der Waals surface area contributed by atoms with Gasteiger partial charge in [-0.05, 0) is 36.8 Å². The fraction of sp³-hybridized carbons (Fsp3) is 0.522. The van der Waals surface area contributed by atoms with Gasteiger partial charge in [-0.15, -0.1) is 0 Å². The molecule has 2 heterocycles. The van der Waals surface area contributed by atoms with Crippen molar-refractivity contribution in [3.8, 4) is 0 Å². The molecule has 1 N–H and O–H groups in total. The average molecular weight is 450 g/mol. The molecule has 2 amide bonds. The molecule has 0 bridgehead atoms. The molecule has 1 fully saturated rings. The Bertz CT molecular complexity index is 981. The lowest BCUT2D eigenvalue weighted by molar-refractivity contribution is -0.191. The minimum Gasteiger partial charge on any atom is -0.376 e. The first-order chi connectivity index (χ1) is 15.0. The van der Waals surface area contributed by atoms with Gasteiger partial charge in [-0.1, -0.05) is 32.0 Å². The molecule has 0 saturated carbocycles. The smallest absolute Gasteiger partial charge is 0.376 e. The van der Waals surface area contributed by atoms with Crippen molar-refractivity contribution in [3.05, 3.63) is 47.2 Å². The molecule has 1 aliphatic carbocycles. The van der Waals surface area contributed by atoms with Gasteiger partial charge in [-0.2, -0.15) is 13.2 Å². The number of Topliss-reactive ketones (excluding diaryl/α,β-unsaturated/α-hetero) is 1. The molecule has 0 spiro atoms. The minimum absolute atomic E-state index is 0.0350. The molecule has 3 aliphatic rings. The molecular formula is C23H25F3N2O4. The van der Waals surface area contributed by atoms with Crippen LogP contribution in [0.5, 0.6) is 0 Å². The van der Waals surface area contributed by atoms with Gasteiger partial charge in [0.15, 0.2) is 5.78 Å². The number of hydrogen-bond donors (Lipinski definition) is 1. The Labute approximate surface area is 183 Å². The standard InChI is InChI=1S/C23H25F3N2O4/c1-21(2)11-16-18(17(29)12-21)22(23(24,25)26,27-19(30)14-7-4-3-5-8-14)20(31)28(16)13-15-9-6-10-32-15/h3-5,7-8,15H,6,9-13H2,1-2H3,(H,27,30)/t15-,22+/m1/s1. The average Bonchev–Trinajstić information content (AvgIpc) is 3.29. The van der Waals surface area contributed by atoms with Crippen LogP contribution in [0.2, 0.25) is 0 Å². The topological polar surface area (TPSA) is 75.7 Å². The number of halogens is 3. The quantitative estimate of drug-likeness (QED) is 0.763. The van der Waals surface area contributed by atoms with Crippen LogP contribution in [0.15, 0.2) is 41.6 Å². The Morgan fingerprint density at radius 3 is 2.47 bits per heavy atom. The lowest BCUT2D eigenvalue weighted by Gasteiger charge is -2.35. The number of carbonyl (C=O) groups is 3. The van der Waals surface area contributed by atoms with Gasteiger partial charge in [0.05, 0.1) is 18.2 Å². The largest absolute Gasteiger partial charge is 0.425 e. The molecule has 2 atom stereocenters. The molecule has 0 unspecified atom stereocenters. The molecule has 9 heteroatoms. The van der Waals surface area contributed by atoms with Crippen molar-refractivity contribution in [1.82, 2.24) is 10.2 Å². The van der Waals surface area contributed by atoms with E-state index in [-0.39, 0.29) is 30.6 Å². The number of nitrogens with zero attached hydrogens (tertiary/aromatic N) is 1. The molecule has 0 radical (unpaired) electrons. The summed E-state index contributed by atoms with van der Waals surface area (Å²) in [5.41, 5.74) is -4.68. The highest BCUT2D eigenvalue weighted by Gasteiger charge is 2.71. The summed E-state index contributed by atoms with van der Waals surface area (Å²) in [6.07, 6.45) is -4.30. The lowest BCUT2D eigenvalue weighted by atomic mass is 9.72. The van der Waals surface area contributed by atoms with Gasteiger partial charge >= 0.3 is 6.18 Å². The number of allylic oxidation sites excluding steroid dienone is 1. The van der Waals surface area contributed by atoms with E-state index in [0.717, 1.165) is 11.3 Å². The van der Waals surface area contributed by atoms with Gasteiger partial charge in [0.25, 0.3) is 11.8 Å². The number of carbonyl (C=O) groups excluding carboxylic acids is 3. The summed E-state index contributed by atoms with van der Waals surface area (Å²) in [5, 5.41) is 1.94. The highest BCUT2D eigenvalue weighted by atomic mass is 19.4. The predicted octanol–water partition coefficient (Wildman–Crippen LogP) is 3.38. The van der Waals surface area contributed by atoms with Crippen LogP contribution in [-0.4, -0.2) is 53.5 Å². The third-order valence-electron chi connectivity index (χ3n) is 6.29. The number of ether oxygens (including phenoxy) is 1. The highest BCUT2D eigenvalue weighted by molar-refractivity contribution is 6.14. The van der Waals surface area contributed by atoms with E-state index >= 15 is 0 Å². The van der Waals surface area contributed by atoms with Crippen LogP contribution in [-0.2, 0) is 14.3 Å². The Hall–Kier alpha value is -2.68. The predicted molar refractivity (Wildman–Crippen MR) is 108 cm³/mol. The Morgan fingerprint density at radius 2 is 1.88 bits per heavy atom. The van der Waals surface area contributed by atoms with E-state index < -0.39 is 46.4 Å². The molecule has 2 aliphatic heterocycles. The van der Waals surface area contributed by atoms with Crippen molar-refractivity contribution in [2.24, 2.45) is 5.41 Å². The first-order valence-electron chi connectivity index (χ1n) is 10.6. The number of alkyl halides is 3. The highest BCUT2D eigenvalue weighted by Crippen LogP contribution is 2.52. The molecular weight excluding hydrogens is 425 g/mol. The maximum absolute atomic E-state index is 14.7. The maximum atomic E-state index is 14.7. The summed E-state index contributed by atoms with van der Waals surface area (Å²) < 4.78 is 49.6. The van der Waals surface area contributed by atoms with Crippen molar-refractivity contribution in [1.29, 1.82) is 0 Å². The zero-order valence-corrected chi connectivity index (χ0v) is 17.9. The van der Waals surface area contributed by atoms with Crippen LogP contribution < -0.4 is 5.32 Å². The van der Waals surface area contributed by atoms with Crippen molar-refractivity contribution in [2.45, 2.75) is 57.3 Å². The van der Waals surface area contributed by atoms with Crippen LogP contribution in [0.25, 0.3) is 0 Å². The first-order valence-corrected chi connectivity index (χ1v) is 10.6. The zero-order valence-electron chi connectivity index (χ0n) is 17.9. The van der Waals surface area contributed by atoms with Gasteiger partial charge < -0.3 is 15.0 Å². The number of amides is 2. The zero-order chi connectivity index (χ0) is 23.3. The summed E-state index contributed by atoms with van der Waals surface area (Å²) in [6.45, 7) is 3.94. The molecule has 1 aromatic carbocycles. The van der Waals surface area contributed by atoms with E-state index in [0.29, 0.717) is 13.0 Å². The van der Waals surface area contributed by atoms with Crippen molar-refractivity contribution in [3.63, 3.8) is 0 Å². The summed E-state index contributed by atoms with van der Waals surface area (Å²) in [7, 11) is 0. The molecule has 4 rings (SSSR count). The summed E-state index contributed by atoms with van der Waals surface area (Å²) in [4.78, 5) is 40.4. The number of benzene rings is 1. The van der Waals surface area contributed by atoms with E-state index in [1.807, 2.05) is 5.32 Å². The number of hydrogen-bond acceptors (Lipinski definition) is 4. The minimum atomic E-state index is -5.21. The Balaban J connectivity index is 1.84. The molecule has 172 valence electrons. The van der Waals surface area contributed by atoms with Gasteiger partial charge in [-0.25, -0.2) is 0 Å². The summed E-state index contributed by atoms with van der Waals surface area (Å²) in [5.74, 6) is -3.19. The number of rotatable bonds is 4. The van der Waals surface area contributed by atoms with Gasteiger partial charge in [0.2, 0.25) is 5.54 Å². The van der Waals surface area contributed by atoms with Gasteiger partial charge in [-0.3, -0.25) is 14.4 Å². The van der Waals surface area contributed by atoms with Crippen LogP contribution in [0, 0.1) is 5.41 Å². The fourth-order valence-corrected chi connectivity index (χ4v) is 4.84. The second kappa shape index (κ2) is 7.72. The molecule has 6 nitrogen and oxygen atoms in total. The van der Waals surface area contributed by atoms with Crippen LogP contribution in [0.1, 0.15) is 49.9 Å². The Kier molecular flexibility index (Phi) is 5.43. The maximum Gasteiger partial charge on any atom is 0.425 e. The first kappa shape index (κ1) is 22.5. The lowest BCUT2D eigenvalue weighted by Crippen LogP contribution is -2.66. The van der Waals surface area contributed by atoms with E-state index in [9.17, 15) is 27.6 Å². The third-order valence-corrected chi connectivity index (χ3v) is 6.29. The summed E-state index contributed by atoms with van der Waals surface area (Å²) >= 11 is 0. The van der Waals surface area contributed by atoms with E-state index in [4.69, 9.17) is 4.74 Å². The molecule has 32 heavy (non-hydrogen) atoms. The van der Waals surface area contributed by atoms with Crippen molar-refractivity contribution >= 4 is 17.6 Å². The number of nitrogens with one attached hydrogen (secondary N) is 1. The van der Waals surface area contributed by atoms with E-state index in [1.54, 1.807) is 19.9 Å². The van der Waals surface area contributed by atoms with E-state index in [2.05, 4.69) is 0 Å². The molecule has 0 aromatic heterocycles. The second-order valence-electron chi connectivity index (χ2n) is 9.38. The molecule has 1 aromatic rings. The second-order valence-corrected chi connectivity index (χ2v) is 9.38.